The number of hydrogen-bond acceptors (Lipinski definition) is 2. The molecular weight excluding hydrogens is 214 g/mol. The highest BCUT2D eigenvalue weighted by Crippen LogP contribution is 1.90. The van der Waals surface area contributed by atoms with Crippen LogP contribution in [0.25, 0.3) is 0 Å². The molecule has 0 heterocycles. The first-order chi connectivity index (χ1) is 8.24. The highest BCUT2D eigenvalue weighted by Gasteiger charge is 2.01. The van der Waals surface area contributed by atoms with Crippen molar-refractivity contribution in [3.63, 3.8) is 0 Å². The second-order valence-corrected chi connectivity index (χ2v) is 4.27. The van der Waals surface area contributed by atoms with Gasteiger partial charge in [0.15, 0.2) is 5.96 Å². The number of aliphatic imine (C=N–C) groups is 1. The summed E-state index contributed by atoms with van der Waals surface area (Å²) < 4.78 is 5.49. The van der Waals surface area contributed by atoms with Gasteiger partial charge in [0.25, 0.3) is 0 Å². The summed E-state index contributed by atoms with van der Waals surface area (Å²) in [4.78, 5) is 4.18. The summed E-state index contributed by atoms with van der Waals surface area (Å²) in [7, 11) is 1.80. The standard InChI is InChI=1S/C13H29N3O/c1-5-7-10-17-11-8-9-15-13(14-4)16-12(3)6-2/h12H,5-11H2,1-4H3,(H2,14,15,16). The second-order valence-electron chi connectivity index (χ2n) is 4.27. The number of nitrogens with one attached hydrogen (secondary N) is 2. The Bertz CT molecular complexity index is 195. The molecule has 0 aromatic carbocycles. The largest absolute Gasteiger partial charge is 0.381 e. The summed E-state index contributed by atoms with van der Waals surface area (Å²) in [6.45, 7) is 9.11. The van der Waals surface area contributed by atoms with Crippen molar-refractivity contribution in [3.05, 3.63) is 0 Å². The molecule has 0 spiro atoms. The van der Waals surface area contributed by atoms with Crippen LogP contribution in [0.4, 0.5) is 0 Å². The molecule has 0 aromatic rings. The van der Waals surface area contributed by atoms with Crippen LogP contribution in [0.5, 0.6) is 0 Å². The molecule has 2 N–H and O–H groups in total. The zero-order chi connectivity index (χ0) is 12.9. The number of nitrogens with zero attached hydrogens (tertiary/aromatic N) is 1. The molecule has 0 saturated heterocycles. The van der Waals surface area contributed by atoms with Crippen molar-refractivity contribution in [2.24, 2.45) is 4.99 Å². The molecule has 0 aliphatic heterocycles. The van der Waals surface area contributed by atoms with Crippen LogP contribution < -0.4 is 10.6 Å². The summed E-state index contributed by atoms with van der Waals surface area (Å²) in [6.07, 6.45) is 4.47. The van der Waals surface area contributed by atoms with Gasteiger partial charge in [-0.2, -0.15) is 0 Å². The van der Waals surface area contributed by atoms with Gasteiger partial charge >= 0.3 is 0 Å². The second kappa shape index (κ2) is 11.7. The van der Waals surface area contributed by atoms with Crippen LogP contribution in [-0.2, 0) is 4.74 Å². The number of ether oxygens (including phenoxy) is 1. The number of hydrogen-bond donors (Lipinski definition) is 2. The zero-order valence-corrected chi connectivity index (χ0v) is 11.9. The molecule has 0 saturated carbocycles. The molecule has 1 unspecified atom stereocenters. The van der Waals surface area contributed by atoms with Gasteiger partial charge in [-0.1, -0.05) is 20.3 Å². The van der Waals surface area contributed by atoms with E-state index in [1.54, 1.807) is 7.05 Å². The van der Waals surface area contributed by atoms with E-state index in [9.17, 15) is 0 Å². The Morgan fingerprint density at radius 1 is 1.24 bits per heavy atom. The van der Waals surface area contributed by atoms with Crippen LogP contribution >= 0.6 is 0 Å². The van der Waals surface area contributed by atoms with Crippen molar-refractivity contribution in [1.82, 2.24) is 10.6 Å². The molecule has 0 bridgehead atoms. The van der Waals surface area contributed by atoms with Gasteiger partial charge in [-0.25, -0.2) is 0 Å². The van der Waals surface area contributed by atoms with Crippen molar-refractivity contribution in [3.8, 4) is 0 Å². The Balaban J connectivity index is 3.44. The molecule has 102 valence electrons. The quantitative estimate of drug-likeness (QED) is 0.370. The fourth-order valence-electron chi connectivity index (χ4n) is 1.26. The van der Waals surface area contributed by atoms with Gasteiger partial charge < -0.3 is 15.4 Å². The highest BCUT2D eigenvalue weighted by molar-refractivity contribution is 5.79. The fourth-order valence-corrected chi connectivity index (χ4v) is 1.26. The predicted molar refractivity (Wildman–Crippen MR) is 74.6 cm³/mol. The van der Waals surface area contributed by atoms with E-state index in [0.717, 1.165) is 45.0 Å². The van der Waals surface area contributed by atoms with Crippen molar-refractivity contribution < 1.29 is 4.74 Å². The van der Waals surface area contributed by atoms with E-state index >= 15 is 0 Å². The summed E-state index contributed by atoms with van der Waals surface area (Å²) in [6, 6.07) is 0.460. The summed E-state index contributed by atoms with van der Waals surface area (Å²) in [5, 5.41) is 6.61. The molecule has 0 aromatic heterocycles. The average Bonchev–Trinajstić information content (AvgIpc) is 2.35. The smallest absolute Gasteiger partial charge is 0.191 e. The summed E-state index contributed by atoms with van der Waals surface area (Å²) in [5.74, 6) is 0.882. The first-order valence-electron chi connectivity index (χ1n) is 6.79. The molecule has 0 radical (unpaired) electrons. The number of unbranched alkanes of at least 4 members (excludes halogenated alkanes) is 1. The van der Waals surface area contributed by atoms with Crippen LogP contribution in [0, 0.1) is 0 Å². The van der Waals surface area contributed by atoms with E-state index in [1.807, 2.05) is 0 Å². The predicted octanol–water partition coefficient (Wildman–Crippen LogP) is 2.16. The maximum absolute atomic E-state index is 5.49. The van der Waals surface area contributed by atoms with E-state index in [-0.39, 0.29) is 0 Å². The Kier molecular flexibility index (Phi) is 11.2. The van der Waals surface area contributed by atoms with E-state index in [0.29, 0.717) is 6.04 Å². The van der Waals surface area contributed by atoms with Crippen LogP contribution in [0.2, 0.25) is 0 Å². The lowest BCUT2D eigenvalue weighted by atomic mass is 10.3. The molecular formula is C13H29N3O. The Hall–Kier alpha value is -0.770. The van der Waals surface area contributed by atoms with E-state index in [2.05, 4.69) is 36.4 Å². The summed E-state index contributed by atoms with van der Waals surface area (Å²) in [5.41, 5.74) is 0. The summed E-state index contributed by atoms with van der Waals surface area (Å²) >= 11 is 0. The third-order valence-electron chi connectivity index (χ3n) is 2.62. The lowest BCUT2D eigenvalue weighted by molar-refractivity contribution is 0.129. The van der Waals surface area contributed by atoms with Gasteiger partial charge in [0.1, 0.15) is 0 Å². The van der Waals surface area contributed by atoms with Gasteiger partial charge in [-0.15, -0.1) is 0 Å². The van der Waals surface area contributed by atoms with E-state index < -0.39 is 0 Å². The molecule has 4 nitrogen and oxygen atoms in total. The van der Waals surface area contributed by atoms with Crippen LogP contribution in [-0.4, -0.2) is 38.8 Å². The third kappa shape index (κ3) is 10.1. The maximum atomic E-state index is 5.49. The van der Waals surface area contributed by atoms with Gasteiger partial charge in [0.05, 0.1) is 0 Å². The monoisotopic (exact) mass is 243 g/mol. The molecule has 0 amide bonds. The lowest BCUT2D eigenvalue weighted by Gasteiger charge is -2.16. The zero-order valence-electron chi connectivity index (χ0n) is 11.9. The Labute approximate surface area is 106 Å². The minimum atomic E-state index is 0.460. The fraction of sp³-hybridized carbons (Fsp3) is 0.923. The average molecular weight is 243 g/mol. The highest BCUT2D eigenvalue weighted by atomic mass is 16.5. The molecule has 0 aliphatic rings. The third-order valence-corrected chi connectivity index (χ3v) is 2.62. The minimum absolute atomic E-state index is 0.460. The van der Waals surface area contributed by atoms with Gasteiger partial charge in [-0.3, -0.25) is 4.99 Å². The van der Waals surface area contributed by atoms with Gasteiger partial charge in [0, 0.05) is 32.8 Å². The van der Waals surface area contributed by atoms with Gasteiger partial charge in [0.2, 0.25) is 0 Å². The lowest BCUT2D eigenvalue weighted by Crippen LogP contribution is -2.42. The molecule has 0 aliphatic carbocycles. The topological polar surface area (TPSA) is 45.6 Å². The molecule has 17 heavy (non-hydrogen) atoms. The maximum Gasteiger partial charge on any atom is 0.191 e. The van der Waals surface area contributed by atoms with Crippen molar-refractivity contribution in [2.75, 3.05) is 26.8 Å². The first-order valence-corrected chi connectivity index (χ1v) is 6.79. The minimum Gasteiger partial charge on any atom is -0.381 e. The number of guanidine groups is 1. The van der Waals surface area contributed by atoms with Crippen molar-refractivity contribution in [2.45, 2.75) is 52.5 Å². The van der Waals surface area contributed by atoms with Crippen molar-refractivity contribution in [1.29, 1.82) is 0 Å². The Morgan fingerprint density at radius 3 is 2.53 bits per heavy atom. The first kappa shape index (κ1) is 16.2. The number of rotatable bonds is 9. The molecule has 1 atom stereocenters. The van der Waals surface area contributed by atoms with Gasteiger partial charge in [-0.05, 0) is 26.2 Å². The van der Waals surface area contributed by atoms with Crippen LogP contribution in [0.15, 0.2) is 4.99 Å². The molecule has 0 fully saturated rings. The normalized spacial score (nSPS) is 13.5. The van der Waals surface area contributed by atoms with E-state index in [4.69, 9.17) is 4.74 Å². The van der Waals surface area contributed by atoms with E-state index in [1.165, 1.54) is 6.42 Å². The van der Waals surface area contributed by atoms with Crippen LogP contribution in [0.1, 0.15) is 46.5 Å². The Morgan fingerprint density at radius 2 is 1.94 bits per heavy atom. The van der Waals surface area contributed by atoms with Crippen LogP contribution in [0.3, 0.4) is 0 Å². The van der Waals surface area contributed by atoms with Crippen molar-refractivity contribution >= 4 is 5.96 Å². The molecule has 0 rings (SSSR count). The molecule has 4 heteroatoms. The SMILES string of the molecule is CCCCOCCCNC(=NC)NC(C)CC.